The maximum absolute atomic E-state index is 12.8. The van der Waals surface area contributed by atoms with E-state index in [-0.39, 0.29) is 5.91 Å². The summed E-state index contributed by atoms with van der Waals surface area (Å²) in [5.41, 5.74) is 2.64. The van der Waals surface area contributed by atoms with Crippen LogP contribution in [0.4, 0.5) is 11.5 Å². The van der Waals surface area contributed by atoms with Crippen LogP contribution in [-0.2, 0) is 4.74 Å². The fraction of sp³-hybridized carbons (Fsp3) is 0.263. The molecular weight excluding hydrogens is 344 g/mol. The second-order valence-electron chi connectivity index (χ2n) is 6.22. The molecule has 1 aromatic carbocycles. The summed E-state index contributed by atoms with van der Waals surface area (Å²) in [6.07, 6.45) is 3.28. The van der Waals surface area contributed by atoms with Gasteiger partial charge in [0.1, 0.15) is 5.82 Å². The zero-order valence-electron chi connectivity index (χ0n) is 15.0. The third kappa shape index (κ3) is 3.65. The van der Waals surface area contributed by atoms with Crippen LogP contribution in [-0.4, -0.2) is 52.2 Å². The second-order valence-corrected chi connectivity index (χ2v) is 6.22. The number of nitrogens with one attached hydrogen (secondary N) is 1. The fourth-order valence-electron chi connectivity index (χ4n) is 3.04. The third-order valence-corrected chi connectivity index (χ3v) is 4.47. The van der Waals surface area contributed by atoms with Crippen LogP contribution < -0.4 is 10.2 Å². The van der Waals surface area contributed by atoms with Crippen molar-refractivity contribution in [3.8, 4) is 5.69 Å². The summed E-state index contributed by atoms with van der Waals surface area (Å²) in [4.78, 5) is 19.7. The number of para-hydroxylation sites is 1. The molecule has 0 saturated carbocycles. The molecule has 1 aliphatic heterocycles. The van der Waals surface area contributed by atoms with E-state index in [4.69, 9.17) is 4.74 Å². The Bertz CT molecular complexity index is 935. The molecule has 138 valence electrons. The van der Waals surface area contributed by atoms with Gasteiger partial charge in [0.15, 0.2) is 0 Å². The predicted octanol–water partition coefficient (Wildman–Crippen LogP) is 2.06. The maximum Gasteiger partial charge on any atom is 0.257 e. The minimum atomic E-state index is -0.217. The number of ether oxygens (including phenoxy) is 1. The highest BCUT2D eigenvalue weighted by Gasteiger charge is 2.16. The standard InChI is InChI=1S/C19H20N6O2/c1-14-16(6-7-18(21-14)24-10-12-27-13-11-24)22-19(26)15-4-2-3-5-17(15)25-9-8-20-23-25/h2-9H,10-13H2,1H3,(H,22,26). The molecule has 3 aromatic rings. The Labute approximate surface area is 156 Å². The molecule has 1 amide bonds. The van der Waals surface area contributed by atoms with Gasteiger partial charge in [-0.2, -0.15) is 0 Å². The number of carbonyl (C=O) groups excluding carboxylic acids is 1. The van der Waals surface area contributed by atoms with E-state index in [1.807, 2.05) is 37.3 Å². The van der Waals surface area contributed by atoms with E-state index in [1.165, 1.54) is 0 Å². The first-order valence-corrected chi connectivity index (χ1v) is 8.80. The Balaban J connectivity index is 1.55. The van der Waals surface area contributed by atoms with Crippen molar-refractivity contribution in [1.82, 2.24) is 20.0 Å². The van der Waals surface area contributed by atoms with E-state index in [0.29, 0.717) is 30.2 Å². The topological polar surface area (TPSA) is 85.2 Å². The molecular formula is C19H20N6O2. The molecule has 8 nitrogen and oxygen atoms in total. The normalized spacial score (nSPS) is 14.2. The summed E-state index contributed by atoms with van der Waals surface area (Å²) in [7, 11) is 0. The zero-order valence-corrected chi connectivity index (χ0v) is 15.0. The molecule has 0 radical (unpaired) electrons. The molecule has 1 N–H and O–H groups in total. The number of pyridine rings is 1. The molecule has 0 bridgehead atoms. The van der Waals surface area contributed by atoms with E-state index in [9.17, 15) is 4.79 Å². The van der Waals surface area contributed by atoms with Crippen LogP contribution in [0.15, 0.2) is 48.8 Å². The van der Waals surface area contributed by atoms with Crippen LogP contribution in [0.2, 0.25) is 0 Å². The largest absolute Gasteiger partial charge is 0.378 e. The van der Waals surface area contributed by atoms with Gasteiger partial charge in [0, 0.05) is 13.1 Å². The predicted molar refractivity (Wildman–Crippen MR) is 101 cm³/mol. The Morgan fingerprint density at radius 2 is 1.96 bits per heavy atom. The average molecular weight is 364 g/mol. The van der Waals surface area contributed by atoms with Gasteiger partial charge < -0.3 is 15.0 Å². The lowest BCUT2D eigenvalue weighted by molar-refractivity contribution is 0.102. The van der Waals surface area contributed by atoms with E-state index in [1.54, 1.807) is 23.1 Å². The number of benzene rings is 1. The lowest BCUT2D eigenvalue weighted by atomic mass is 10.1. The third-order valence-electron chi connectivity index (χ3n) is 4.47. The molecule has 4 rings (SSSR count). The number of morpholine rings is 1. The summed E-state index contributed by atoms with van der Waals surface area (Å²) in [5, 5.41) is 10.7. The van der Waals surface area contributed by atoms with Crippen LogP contribution in [0.3, 0.4) is 0 Å². The van der Waals surface area contributed by atoms with Gasteiger partial charge >= 0.3 is 0 Å². The van der Waals surface area contributed by atoms with Gasteiger partial charge in [0.2, 0.25) is 0 Å². The van der Waals surface area contributed by atoms with Crippen molar-refractivity contribution in [3.05, 3.63) is 60.0 Å². The van der Waals surface area contributed by atoms with Gasteiger partial charge in [-0.15, -0.1) is 5.10 Å². The molecule has 3 heterocycles. The van der Waals surface area contributed by atoms with Crippen molar-refractivity contribution in [2.24, 2.45) is 0 Å². The van der Waals surface area contributed by atoms with Gasteiger partial charge in [-0.3, -0.25) is 4.79 Å². The SMILES string of the molecule is Cc1nc(N2CCOCC2)ccc1NC(=O)c1ccccc1-n1ccnn1. The summed E-state index contributed by atoms with van der Waals surface area (Å²) in [5.74, 6) is 0.682. The monoisotopic (exact) mass is 364 g/mol. The molecule has 27 heavy (non-hydrogen) atoms. The van der Waals surface area contributed by atoms with Crippen LogP contribution in [0, 0.1) is 6.92 Å². The first-order chi connectivity index (χ1) is 13.2. The molecule has 1 saturated heterocycles. The van der Waals surface area contributed by atoms with Crippen LogP contribution in [0.25, 0.3) is 5.69 Å². The van der Waals surface area contributed by atoms with Gasteiger partial charge in [-0.25, -0.2) is 9.67 Å². The summed E-state index contributed by atoms with van der Waals surface area (Å²) in [6.45, 7) is 4.95. The van der Waals surface area contributed by atoms with Crippen molar-refractivity contribution < 1.29 is 9.53 Å². The number of hydrogen-bond acceptors (Lipinski definition) is 6. The van der Waals surface area contributed by atoms with Gasteiger partial charge in [0.25, 0.3) is 5.91 Å². The second kappa shape index (κ2) is 7.55. The van der Waals surface area contributed by atoms with Crippen molar-refractivity contribution >= 4 is 17.4 Å². The number of rotatable bonds is 4. The Morgan fingerprint density at radius 1 is 1.15 bits per heavy atom. The van der Waals surface area contributed by atoms with Gasteiger partial charge in [-0.1, -0.05) is 17.3 Å². The van der Waals surface area contributed by atoms with Crippen molar-refractivity contribution in [2.75, 3.05) is 36.5 Å². The molecule has 0 atom stereocenters. The number of anilines is 2. The Morgan fingerprint density at radius 3 is 2.70 bits per heavy atom. The highest BCUT2D eigenvalue weighted by Crippen LogP contribution is 2.21. The van der Waals surface area contributed by atoms with Crippen LogP contribution in [0.1, 0.15) is 16.1 Å². The average Bonchev–Trinajstić information content (AvgIpc) is 3.25. The number of nitrogens with zero attached hydrogens (tertiary/aromatic N) is 5. The molecule has 0 aliphatic carbocycles. The first-order valence-electron chi connectivity index (χ1n) is 8.80. The number of amides is 1. The molecule has 1 fully saturated rings. The first kappa shape index (κ1) is 17.2. The van der Waals surface area contributed by atoms with Crippen LogP contribution in [0.5, 0.6) is 0 Å². The molecule has 0 spiro atoms. The van der Waals surface area contributed by atoms with Crippen molar-refractivity contribution in [1.29, 1.82) is 0 Å². The molecule has 2 aromatic heterocycles. The highest BCUT2D eigenvalue weighted by atomic mass is 16.5. The summed E-state index contributed by atoms with van der Waals surface area (Å²) < 4.78 is 6.95. The smallest absolute Gasteiger partial charge is 0.257 e. The van der Waals surface area contributed by atoms with Gasteiger partial charge in [0.05, 0.1) is 48.2 Å². The minimum absolute atomic E-state index is 0.217. The quantitative estimate of drug-likeness (QED) is 0.763. The van der Waals surface area contributed by atoms with Crippen molar-refractivity contribution in [2.45, 2.75) is 6.92 Å². The number of carbonyl (C=O) groups is 1. The minimum Gasteiger partial charge on any atom is -0.378 e. The lowest BCUT2D eigenvalue weighted by Gasteiger charge is -2.28. The van der Waals surface area contributed by atoms with E-state index < -0.39 is 0 Å². The number of aryl methyl sites for hydroxylation is 1. The molecule has 8 heteroatoms. The Kier molecular flexibility index (Phi) is 4.80. The lowest BCUT2D eigenvalue weighted by Crippen LogP contribution is -2.36. The maximum atomic E-state index is 12.8. The Hall–Kier alpha value is -3.26. The number of hydrogen-bond donors (Lipinski definition) is 1. The highest BCUT2D eigenvalue weighted by molar-refractivity contribution is 6.07. The summed E-state index contributed by atoms with van der Waals surface area (Å²) >= 11 is 0. The number of aromatic nitrogens is 4. The molecule has 1 aliphatic rings. The van der Waals surface area contributed by atoms with Crippen molar-refractivity contribution in [3.63, 3.8) is 0 Å². The fourth-order valence-corrected chi connectivity index (χ4v) is 3.04. The van der Waals surface area contributed by atoms with E-state index in [2.05, 4.69) is 25.5 Å². The van der Waals surface area contributed by atoms with Gasteiger partial charge in [-0.05, 0) is 31.2 Å². The molecule has 0 unspecified atom stereocenters. The summed E-state index contributed by atoms with van der Waals surface area (Å²) in [6, 6.07) is 11.1. The van der Waals surface area contributed by atoms with E-state index >= 15 is 0 Å². The van der Waals surface area contributed by atoms with Crippen LogP contribution >= 0.6 is 0 Å². The zero-order chi connectivity index (χ0) is 18.6. The van der Waals surface area contributed by atoms with E-state index in [0.717, 1.165) is 24.6 Å².